The van der Waals surface area contributed by atoms with Gasteiger partial charge >= 0.3 is 0 Å². The number of hydrogen-bond acceptors (Lipinski definition) is 3. The third kappa shape index (κ3) is 2.14. The van der Waals surface area contributed by atoms with Crippen molar-refractivity contribution in [2.45, 2.75) is 6.92 Å². The lowest BCUT2D eigenvalue weighted by Crippen LogP contribution is -1.82. The van der Waals surface area contributed by atoms with Crippen molar-refractivity contribution in [3.05, 3.63) is 59.9 Å². The lowest BCUT2D eigenvalue weighted by atomic mass is 10.1. The molecule has 1 aromatic carbocycles. The number of nitrogens with zero attached hydrogens (tertiary/aromatic N) is 2. The minimum atomic E-state index is 1.04. The van der Waals surface area contributed by atoms with E-state index in [0.717, 1.165) is 27.3 Å². The van der Waals surface area contributed by atoms with Crippen LogP contribution in [-0.4, -0.2) is 15.0 Å². The first-order valence-corrected chi connectivity index (χ1v) is 7.58. The number of hydrogen-bond donors (Lipinski definition) is 1. The number of benzene rings is 1. The molecule has 0 fully saturated rings. The molecule has 3 aromatic heterocycles. The Morgan fingerprint density at radius 3 is 2.71 bits per heavy atom. The van der Waals surface area contributed by atoms with Gasteiger partial charge in [0.05, 0.1) is 5.69 Å². The molecule has 0 atom stereocenters. The average molecular weight is 291 g/mol. The fourth-order valence-corrected chi connectivity index (χ4v) is 3.42. The monoisotopic (exact) mass is 291 g/mol. The number of aromatic amines is 1. The summed E-state index contributed by atoms with van der Waals surface area (Å²) in [5.41, 5.74) is 4.50. The standard InChI is InChI=1S/C17H13N3S/c1-11-16(14-2-3-15-13(10-14)6-9-19-15)20-17(21-11)12-4-7-18-8-5-12/h2-10,19H,1H3. The van der Waals surface area contributed by atoms with Crippen molar-refractivity contribution in [2.75, 3.05) is 0 Å². The van der Waals surface area contributed by atoms with Crippen LogP contribution >= 0.6 is 11.3 Å². The van der Waals surface area contributed by atoms with E-state index in [4.69, 9.17) is 4.98 Å². The molecule has 0 saturated heterocycles. The van der Waals surface area contributed by atoms with Crippen molar-refractivity contribution < 1.29 is 0 Å². The maximum Gasteiger partial charge on any atom is 0.124 e. The molecule has 4 rings (SSSR count). The van der Waals surface area contributed by atoms with Gasteiger partial charge in [0.2, 0.25) is 0 Å². The number of aromatic nitrogens is 3. The Bertz CT molecular complexity index is 906. The zero-order chi connectivity index (χ0) is 14.2. The van der Waals surface area contributed by atoms with Crippen LogP contribution in [0.1, 0.15) is 4.88 Å². The predicted molar refractivity (Wildman–Crippen MR) is 87.4 cm³/mol. The molecule has 0 saturated carbocycles. The van der Waals surface area contributed by atoms with Crippen LogP contribution in [0, 0.1) is 6.92 Å². The first-order chi connectivity index (χ1) is 10.3. The van der Waals surface area contributed by atoms with Crippen LogP contribution in [0.2, 0.25) is 0 Å². The molecule has 0 radical (unpaired) electrons. The van der Waals surface area contributed by atoms with Gasteiger partial charge in [-0.2, -0.15) is 0 Å². The number of thiazole rings is 1. The van der Waals surface area contributed by atoms with E-state index in [9.17, 15) is 0 Å². The Morgan fingerprint density at radius 2 is 1.86 bits per heavy atom. The smallest absolute Gasteiger partial charge is 0.124 e. The zero-order valence-electron chi connectivity index (χ0n) is 11.5. The normalized spacial score (nSPS) is 11.1. The van der Waals surface area contributed by atoms with Gasteiger partial charge < -0.3 is 4.98 Å². The highest BCUT2D eigenvalue weighted by Crippen LogP contribution is 2.34. The van der Waals surface area contributed by atoms with E-state index >= 15 is 0 Å². The molecule has 1 N–H and O–H groups in total. The van der Waals surface area contributed by atoms with Gasteiger partial charge in [-0.15, -0.1) is 11.3 Å². The Hall–Kier alpha value is -2.46. The Kier molecular flexibility index (Phi) is 2.82. The zero-order valence-corrected chi connectivity index (χ0v) is 12.3. The van der Waals surface area contributed by atoms with Crippen LogP contribution in [0.25, 0.3) is 32.7 Å². The Morgan fingerprint density at radius 1 is 1.00 bits per heavy atom. The fraction of sp³-hybridized carbons (Fsp3) is 0.0588. The van der Waals surface area contributed by atoms with Crippen LogP contribution in [0.5, 0.6) is 0 Å². The van der Waals surface area contributed by atoms with Crippen molar-refractivity contribution >= 4 is 22.2 Å². The summed E-state index contributed by atoms with van der Waals surface area (Å²) in [6.07, 6.45) is 5.57. The van der Waals surface area contributed by atoms with Crippen molar-refractivity contribution in [1.82, 2.24) is 15.0 Å². The lowest BCUT2D eigenvalue weighted by molar-refractivity contribution is 1.31. The van der Waals surface area contributed by atoms with Gasteiger partial charge in [0.15, 0.2) is 0 Å². The number of rotatable bonds is 2. The third-order valence-corrected chi connectivity index (χ3v) is 4.57. The summed E-state index contributed by atoms with van der Waals surface area (Å²) in [6, 6.07) is 12.5. The van der Waals surface area contributed by atoms with E-state index in [1.54, 1.807) is 23.7 Å². The van der Waals surface area contributed by atoms with E-state index < -0.39 is 0 Å². The molecule has 0 aliphatic carbocycles. The minimum absolute atomic E-state index is 1.04. The van der Waals surface area contributed by atoms with Crippen LogP contribution in [0.15, 0.2) is 55.0 Å². The summed E-state index contributed by atoms with van der Waals surface area (Å²) in [7, 11) is 0. The molecule has 0 bridgehead atoms. The molecule has 0 amide bonds. The maximum absolute atomic E-state index is 4.82. The maximum atomic E-state index is 4.82. The van der Waals surface area contributed by atoms with Crippen molar-refractivity contribution in [3.63, 3.8) is 0 Å². The fourth-order valence-electron chi connectivity index (χ4n) is 2.48. The predicted octanol–water partition coefficient (Wildman–Crippen LogP) is 4.66. The van der Waals surface area contributed by atoms with Gasteiger partial charge in [-0.25, -0.2) is 4.98 Å². The van der Waals surface area contributed by atoms with Gasteiger partial charge in [0.25, 0.3) is 0 Å². The Labute approximate surface area is 126 Å². The molecular formula is C17H13N3S. The Balaban J connectivity index is 1.83. The third-order valence-electron chi connectivity index (χ3n) is 3.55. The van der Waals surface area contributed by atoms with E-state index in [2.05, 4.69) is 41.2 Å². The molecule has 3 heterocycles. The molecule has 4 heteroatoms. The molecule has 21 heavy (non-hydrogen) atoms. The van der Waals surface area contributed by atoms with Crippen LogP contribution in [-0.2, 0) is 0 Å². The van der Waals surface area contributed by atoms with E-state index in [0.29, 0.717) is 0 Å². The second kappa shape index (κ2) is 4.82. The number of nitrogens with one attached hydrogen (secondary N) is 1. The number of aryl methyl sites for hydroxylation is 1. The average Bonchev–Trinajstić information content (AvgIpc) is 3.13. The van der Waals surface area contributed by atoms with Gasteiger partial charge in [-0.3, -0.25) is 4.98 Å². The summed E-state index contributed by atoms with van der Waals surface area (Å²) in [4.78, 5) is 13.3. The van der Waals surface area contributed by atoms with Crippen molar-refractivity contribution in [3.8, 4) is 21.8 Å². The molecule has 4 aromatic rings. The van der Waals surface area contributed by atoms with Gasteiger partial charge in [-0.05, 0) is 37.3 Å². The molecule has 102 valence electrons. The minimum Gasteiger partial charge on any atom is -0.361 e. The lowest BCUT2D eigenvalue weighted by Gasteiger charge is -1.99. The van der Waals surface area contributed by atoms with E-state index in [1.807, 2.05) is 18.3 Å². The largest absolute Gasteiger partial charge is 0.361 e. The molecular weight excluding hydrogens is 278 g/mol. The van der Waals surface area contributed by atoms with E-state index in [1.165, 1.54) is 10.3 Å². The number of H-pyrrole nitrogens is 1. The highest BCUT2D eigenvalue weighted by atomic mass is 32.1. The van der Waals surface area contributed by atoms with Gasteiger partial charge in [0.1, 0.15) is 5.01 Å². The summed E-state index contributed by atoms with van der Waals surface area (Å²) >= 11 is 1.72. The summed E-state index contributed by atoms with van der Waals surface area (Å²) in [5, 5.41) is 2.25. The van der Waals surface area contributed by atoms with Crippen LogP contribution in [0.4, 0.5) is 0 Å². The highest BCUT2D eigenvalue weighted by molar-refractivity contribution is 7.15. The molecule has 0 aliphatic rings. The molecule has 0 unspecified atom stereocenters. The first-order valence-electron chi connectivity index (χ1n) is 6.76. The quantitative estimate of drug-likeness (QED) is 0.583. The molecule has 3 nitrogen and oxygen atoms in total. The van der Waals surface area contributed by atoms with Gasteiger partial charge in [0, 0.05) is 45.5 Å². The topological polar surface area (TPSA) is 41.6 Å². The molecule has 0 aliphatic heterocycles. The summed E-state index contributed by atoms with van der Waals surface area (Å²) in [5.74, 6) is 0. The SMILES string of the molecule is Cc1sc(-c2ccncc2)nc1-c1ccc2[nH]ccc2c1. The second-order valence-electron chi connectivity index (χ2n) is 4.94. The first kappa shape index (κ1) is 12.3. The second-order valence-corrected chi connectivity index (χ2v) is 6.14. The van der Waals surface area contributed by atoms with Crippen molar-refractivity contribution in [1.29, 1.82) is 0 Å². The molecule has 0 spiro atoms. The van der Waals surface area contributed by atoms with Crippen LogP contribution < -0.4 is 0 Å². The van der Waals surface area contributed by atoms with Crippen molar-refractivity contribution in [2.24, 2.45) is 0 Å². The summed E-state index contributed by atoms with van der Waals surface area (Å²) < 4.78 is 0. The van der Waals surface area contributed by atoms with Crippen LogP contribution in [0.3, 0.4) is 0 Å². The summed E-state index contributed by atoms with van der Waals surface area (Å²) in [6.45, 7) is 2.12. The van der Waals surface area contributed by atoms with Gasteiger partial charge in [-0.1, -0.05) is 6.07 Å². The number of pyridine rings is 1. The number of fused-ring (bicyclic) bond motifs is 1. The van der Waals surface area contributed by atoms with E-state index in [-0.39, 0.29) is 0 Å². The highest BCUT2D eigenvalue weighted by Gasteiger charge is 2.11.